The lowest BCUT2D eigenvalue weighted by atomic mass is 10.0. The zero-order valence-corrected chi connectivity index (χ0v) is 14.1. The molecule has 7 heteroatoms. The summed E-state index contributed by atoms with van der Waals surface area (Å²) in [6.45, 7) is 1.00. The fraction of sp³-hybridized carbons (Fsp3) is 0.211. The van der Waals surface area contributed by atoms with Crippen molar-refractivity contribution >= 4 is 11.6 Å². The van der Waals surface area contributed by atoms with Crippen molar-refractivity contribution in [1.82, 2.24) is 4.90 Å². The molecular formula is C19H18F2N2O3. The van der Waals surface area contributed by atoms with Crippen molar-refractivity contribution in [1.29, 1.82) is 0 Å². The second-order valence-electron chi connectivity index (χ2n) is 5.63. The van der Waals surface area contributed by atoms with Gasteiger partial charge < -0.3 is 19.7 Å². The molecule has 26 heavy (non-hydrogen) atoms. The molecule has 0 fully saturated rings. The molecule has 0 spiro atoms. The second kappa shape index (κ2) is 7.43. The van der Waals surface area contributed by atoms with Gasteiger partial charge >= 0.3 is 6.61 Å². The standard InChI is InChI=1S/C19H18F2N2O3/c1-3-10-23-17(22-14-7-5-4-6-13(14)18(23)24)12-8-9-15(25-2)16(11-12)26-19(20)21/h3-9,11,17,19,22H,1,10H2,2H3. The van der Waals surface area contributed by atoms with Crippen LogP contribution in [0.2, 0.25) is 0 Å². The summed E-state index contributed by atoms with van der Waals surface area (Å²) in [7, 11) is 1.37. The third-order valence-corrected chi connectivity index (χ3v) is 4.07. The molecule has 1 aliphatic rings. The Labute approximate surface area is 149 Å². The number of benzene rings is 2. The number of fused-ring (bicyclic) bond motifs is 1. The van der Waals surface area contributed by atoms with E-state index in [1.807, 2.05) is 6.07 Å². The van der Waals surface area contributed by atoms with E-state index in [-0.39, 0.29) is 17.4 Å². The predicted octanol–water partition coefficient (Wildman–Crippen LogP) is 4.05. The molecule has 0 aromatic heterocycles. The molecule has 0 radical (unpaired) electrons. The lowest BCUT2D eigenvalue weighted by molar-refractivity contribution is -0.0513. The van der Waals surface area contributed by atoms with Crippen LogP contribution in [-0.2, 0) is 0 Å². The monoisotopic (exact) mass is 360 g/mol. The van der Waals surface area contributed by atoms with Crippen molar-refractivity contribution in [2.45, 2.75) is 12.8 Å². The quantitative estimate of drug-likeness (QED) is 0.790. The van der Waals surface area contributed by atoms with E-state index in [9.17, 15) is 13.6 Å². The van der Waals surface area contributed by atoms with Gasteiger partial charge in [0.2, 0.25) is 0 Å². The molecule has 2 aromatic carbocycles. The van der Waals surface area contributed by atoms with Gasteiger partial charge in [-0.15, -0.1) is 6.58 Å². The number of nitrogens with one attached hydrogen (secondary N) is 1. The number of hydrogen-bond acceptors (Lipinski definition) is 4. The van der Waals surface area contributed by atoms with Gasteiger partial charge in [-0.2, -0.15) is 8.78 Å². The highest BCUT2D eigenvalue weighted by Gasteiger charge is 2.32. The highest BCUT2D eigenvalue weighted by molar-refractivity contribution is 6.01. The number of methoxy groups -OCH3 is 1. The van der Waals surface area contributed by atoms with Gasteiger partial charge in [0.25, 0.3) is 5.91 Å². The number of rotatable bonds is 6. The number of ether oxygens (including phenoxy) is 2. The Kier molecular flexibility index (Phi) is 5.06. The minimum atomic E-state index is -2.98. The van der Waals surface area contributed by atoms with Gasteiger partial charge in [-0.1, -0.05) is 24.3 Å². The van der Waals surface area contributed by atoms with Crippen molar-refractivity contribution in [3.05, 3.63) is 66.2 Å². The summed E-state index contributed by atoms with van der Waals surface area (Å²) in [4.78, 5) is 14.4. The minimum Gasteiger partial charge on any atom is -0.493 e. The zero-order chi connectivity index (χ0) is 18.7. The summed E-state index contributed by atoms with van der Waals surface area (Å²) in [6.07, 6.45) is 1.06. The molecule has 1 aliphatic heterocycles. The molecule has 2 aromatic rings. The van der Waals surface area contributed by atoms with Gasteiger partial charge in [-0.25, -0.2) is 0 Å². The smallest absolute Gasteiger partial charge is 0.387 e. The third kappa shape index (κ3) is 3.33. The highest BCUT2D eigenvalue weighted by Crippen LogP contribution is 2.37. The number of carbonyl (C=O) groups excluding carboxylic acids is 1. The maximum Gasteiger partial charge on any atom is 0.387 e. The van der Waals surface area contributed by atoms with Gasteiger partial charge in [0.15, 0.2) is 11.5 Å². The summed E-state index contributed by atoms with van der Waals surface area (Å²) < 4.78 is 35.0. The molecule has 0 saturated heterocycles. The molecule has 1 atom stereocenters. The summed E-state index contributed by atoms with van der Waals surface area (Å²) >= 11 is 0. The highest BCUT2D eigenvalue weighted by atomic mass is 19.3. The van der Waals surface area contributed by atoms with Crippen LogP contribution in [0.4, 0.5) is 14.5 Å². The van der Waals surface area contributed by atoms with E-state index in [2.05, 4.69) is 16.6 Å². The molecule has 0 bridgehead atoms. The lowest BCUT2D eigenvalue weighted by Gasteiger charge is -2.37. The van der Waals surface area contributed by atoms with Crippen LogP contribution < -0.4 is 14.8 Å². The normalized spacial score (nSPS) is 16.1. The predicted molar refractivity (Wildman–Crippen MR) is 93.7 cm³/mol. The molecule has 0 saturated carbocycles. The summed E-state index contributed by atoms with van der Waals surface area (Å²) in [5.74, 6) is -0.0742. The number of halogens is 2. The van der Waals surface area contributed by atoms with Gasteiger partial charge in [0.1, 0.15) is 6.17 Å². The number of carbonyl (C=O) groups is 1. The van der Waals surface area contributed by atoms with Crippen molar-refractivity contribution in [3.63, 3.8) is 0 Å². The maximum atomic E-state index is 12.8. The summed E-state index contributed by atoms with van der Waals surface area (Å²) in [5.41, 5.74) is 1.81. The molecular weight excluding hydrogens is 342 g/mol. The number of nitrogens with zero attached hydrogens (tertiary/aromatic N) is 1. The van der Waals surface area contributed by atoms with Gasteiger partial charge in [-0.3, -0.25) is 4.79 Å². The Morgan fingerprint density at radius 2 is 2.04 bits per heavy atom. The van der Waals surface area contributed by atoms with Crippen LogP contribution in [0.25, 0.3) is 0 Å². The number of para-hydroxylation sites is 1. The SMILES string of the molecule is C=CCN1C(=O)c2ccccc2NC1c1ccc(OC)c(OC(F)F)c1. The van der Waals surface area contributed by atoms with E-state index in [0.717, 1.165) is 0 Å². The summed E-state index contributed by atoms with van der Waals surface area (Å²) in [6, 6.07) is 11.8. The fourth-order valence-electron chi connectivity index (χ4n) is 2.93. The maximum absolute atomic E-state index is 12.8. The first-order valence-corrected chi connectivity index (χ1v) is 7.95. The molecule has 136 valence electrons. The molecule has 1 amide bonds. The average Bonchev–Trinajstić information content (AvgIpc) is 2.63. The van der Waals surface area contributed by atoms with E-state index in [0.29, 0.717) is 23.4 Å². The number of hydrogen-bond donors (Lipinski definition) is 1. The Bertz CT molecular complexity index is 826. The van der Waals surface area contributed by atoms with E-state index >= 15 is 0 Å². The van der Waals surface area contributed by atoms with Crippen LogP contribution in [0.15, 0.2) is 55.1 Å². The van der Waals surface area contributed by atoms with Crippen LogP contribution in [0.1, 0.15) is 22.1 Å². The van der Waals surface area contributed by atoms with Crippen LogP contribution in [-0.4, -0.2) is 31.1 Å². The Hall–Kier alpha value is -3.09. The Balaban J connectivity index is 2.03. The first kappa shape index (κ1) is 17.7. The first-order chi connectivity index (χ1) is 12.5. The van der Waals surface area contributed by atoms with E-state index in [1.54, 1.807) is 35.2 Å². The second-order valence-corrected chi connectivity index (χ2v) is 5.63. The molecule has 1 unspecified atom stereocenters. The number of amides is 1. The van der Waals surface area contributed by atoms with E-state index in [4.69, 9.17) is 4.74 Å². The Morgan fingerprint density at radius 3 is 2.73 bits per heavy atom. The average molecular weight is 360 g/mol. The molecule has 1 heterocycles. The number of anilines is 1. The van der Waals surface area contributed by atoms with Crippen molar-refractivity contribution in [2.75, 3.05) is 19.0 Å². The van der Waals surface area contributed by atoms with E-state index < -0.39 is 12.8 Å². The van der Waals surface area contributed by atoms with Crippen LogP contribution in [0.5, 0.6) is 11.5 Å². The molecule has 0 aliphatic carbocycles. The van der Waals surface area contributed by atoms with Gasteiger partial charge in [0, 0.05) is 12.2 Å². The number of alkyl halides is 2. The largest absolute Gasteiger partial charge is 0.493 e. The van der Waals surface area contributed by atoms with Crippen LogP contribution >= 0.6 is 0 Å². The topological polar surface area (TPSA) is 50.8 Å². The Morgan fingerprint density at radius 1 is 1.27 bits per heavy atom. The third-order valence-electron chi connectivity index (χ3n) is 4.07. The molecule has 5 nitrogen and oxygen atoms in total. The van der Waals surface area contributed by atoms with E-state index in [1.165, 1.54) is 19.2 Å². The molecule has 1 N–H and O–H groups in total. The summed E-state index contributed by atoms with van der Waals surface area (Å²) in [5, 5.41) is 3.27. The zero-order valence-electron chi connectivity index (χ0n) is 14.1. The van der Waals surface area contributed by atoms with Crippen LogP contribution in [0.3, 0.4) is 0 Å². The lowest BCUT2D eigenvalue weighted by Crippen LogP contribution is -2.43. The minimum absolute atomic E-state index is 0.0911. The van der Waals surface area contributed by atoms with Crippen LogP contribution in [0, 0.1) is 0 Å². The first-order valence-electron chi connectivity index (χ1n) is 7.95. The fourth-order valence-corrected chi connectivity index (χ4v) is 2.93. The molecule has 3 rings (SSSR count). The van der Waals surface area contributed by atoms with Gasteiger partial charge in [0.05, 0.1) is 12.7 Å². The van der Waals surface area contributed by atoms with Crippen molar-refractivity contribution < 1.29 is 23.0 Å². The van der Waals surface area contributed by atoms with Crippen molar-refractivity contribution in [2.24, 2.45) is 0 Å². The van der Waals surface area contributed by atoms with Gasteiger partial charge in [-0.05, 0) is 29.8 Å². The van der Waals surface area contributed by atoms with Crippen molar-refractivity contribution in [3.8, 4) is 11.5 Å².